The van der Waals surface area contributed by atoms with Crippen molar-refractivity contribution < 1.29 is 19.2 Å². The second-order valence-electron chi connectivity index (χ2n) is 1.71. The number of rotatable bonds is 3. The second-order valence-corrected chi connectivity index (χ2v) is 2.56. The predicted molar refractivity (Wildman–Crippen MR) is 42.1 cm³/mol. The van der Waals surface area contributed by atoms with E-state index in [0.29, 0.717) is 7.69 Å². The van der Waals surface area contributed by atoms with Crippen molar-refractivity contribution in [1.82, 2.24) is 4.98 Å². The summed E-state index contributed by atoms with van der Waals surface area (Å²) in [5, 5.41) is 9.90. The van der Waals surface area contributed by atoms with Crippen LogP contribution in [0.1, 0.15) is 9.80 Å². The third kappa shape index (κ3) is 1.96. The Hall–Kier alpha value is -1.08. The van der Waals surface area contributed by atoms with Gasteiger partial charge in [0.1, 0.15) is 0 Å². The van der Waals surface area contributed by atoms with E-state index in [-0.39, 0.29) is 10.9 Å². The molecule has 12 heavy (non-hydrogen) atoms. The van der Waals surface area contributed by atoms with Crippen molar-refractivity contribution in [3.05, 3.63) is 10.4 Å². The minimum absolute atomic E-state index is 0.169. The molecule has 1 aromatic rings. The molecule has 0 bridgehead atoms. The predicted octanol–water partition coefficient (Wildman–Crippen LogP) is -0.165. The lowest BCUT2D eigenvalue weighted by atomic mass is 10.4. The van der Waals surface area contributed by atoms with Gasteiger partial charge in [-0.1, -0.05) is 0 Å². The van der Waals surface area contributed by atoms with Crippen molar-refractivity contribution in [3.8, 4) is 5.88 Å². The first-order valence-corrected chi connectivity index (χ1v) is 3.82. The molecule has 1 N–H and O–H groups in total. The third-order valence-corrected chi connectivity index (χ3v) is 1.82. The SMILES string of the molecule is COC(=O)c1nc(O[B]O)cs1. The molecular weight excluding hydrogens is 181 g/mol. The van der Waals surface area contributed by atoms with E-state index >= 15 is 0 Å². The average molecular weight is 186 g/mol. The Kier molecular flexibility index (Phi) is 3.06. The quantitative estimate of drug-likeness (QED) is 0.524. The fourth-order valence-electron chi connectivity index (χ4n) is 0.548. The van der Waals surface area contributed by atoms with Gasteiger partial charge >= 0.3 is 13.7 Å². The fourth-order valence-corrected chi connectivity index (χ4v) is 1.19. The number of esters is 1. The minimum atomic E-state index is -0.521. The van der Waals surface area contributed by atoms with Gasteiger partial charge in [-0.05, 0) is 0 Å². The number of hydrogen-bond donors (Lipinski definition) is 1. The van der Waals surface area contributed by atoms with Crippen molar-refractivity contribution in [1.29, 1.82) is 0 Å². The maximum absolute atomic E-state index is 10.8. The number of carbonyl (C=O) groups excluding carboxylic acids is 1. The molecule has 0 aromatic carbocycles. The summed E-state index contributed by atoms with van der Waals surface area (Å²) >= 11 is 1.08. The summed E-state index contributed by atoms with van der Waals surface area (Å²) in [7, 11) is 1.76. The summed E-state index contributed by atoms with van der Waals surface area (Å²) in [6.07, 6.45) is 0. The molecule has 0 aliphatic carbocycles. The molecule has 0 aliphatic rings. The lowest BCUT2D eigenvalue weighted by Crippen LogP contribution is -2.02. The summed E-state index contributed by atoms with van der Waals surface area (Å²) < 4.78 is 8.91. The van der Waals surface area contributed by atoms with Gasteiger partial charge in [0.2, 0.25) is 10.9 Å². The van der Waals surface area contributed by atoms with E-state index < -0.39 is 5.97 Å². The third-order valence-electron chi connectivity index (χ3n) is 1.02. The van der Waals surface area contributed by atoms with E-state index in [1.807, 2.05) is 0 Å². The Morgan fingerprint density at radius 1 is 1.83 bits per heavy atom. The first-order chi connectivity index (χ1) is 5.77. The van der Waals surface area contributed by atoms with Crippen molar-refractivity contribution in [2.24, 2.45) is 0 Å². The zero-order chi connectivity index (χ0) is 8.97. The standard InChI is InChI=1S/C5H5BNO4S/c1-10-5(8)4-7-3(2-12-4)11-6-9/h2,9H,1H3. The molecule has 7 heteroatoms. The Bertz CT molecular complexity index is 276. The van der Waals surface area contributed by atoms with Crippen LogP contribution in [-0.2, 0) is 4.74 Å². The van der Waals surface area contributed by atoms with Gasteiger partial charge in [0.25, 0.3) is 0 Å². The smallest absolute Gasteiger partial charge is 0.523 e. The monoisotopic (exact) mass is 186 g/mol. The molecule has 0 atom stereocenters. The van der Waals surface area contributed by atoms with Crippen molar-refractivity contribution in [2.45, 2.75) is 0 Å². The van der Waals surface area contributed by atoms with Crippen LogP contribution in [-0.4, -0.2) is 30.8 Å². The molecule has 1 rings (SSSR count). The molecule has 1 aromatic heterocycles. The zero-order valence-corrected chi connectivity index (χ0v) is 7.00. The first kappa shape index (κ1) is 9.02. The van der Waals surface area contributed by atoms with Gasteiger partial charge in [-0.15, -0.1) is 11.3 Å². The lowest BCUT2D eigenvalue weighted by Gasteiger charge is -1.92. The Morgan fingerprint density at radius 3 is 3.17 bits per heavy atom. The molecular formula is C5H5BNO4S. The molecule has 63 valence electrons. The van der Waals surface area contributed by atoms with Crippen molar-refractivity contribution >= 4 is 25.0 Å². The molecule has 0 aliphatic heterocycles. The van der Waals surface area contributed by atoms with Crippen LogP contribution in [0.25, 0.3) is 0 Å². The lowest BCUT2D eigenvalue weighted by molar-refractivity contribution is 0.0599. The van der Waals surface area contributed by atoms with E-state index in [2.05, 4.69) is 14.4 Å². The van der Waals surface area contributed by atoms with E-state index in [9.17, 15) is 4.79 Å². The van der Waals surface area contributed by atoms with Gasteiger partial charge in [-0.3, -0.25) is 0 Å². The van der Waals surface area contributed by atoms with Crippen LogP contribution in [0.4, 0.5) is 0 Å². The number of aromatic nitrogens is 1. The van der Waals surface area contributed by atoms with Crippen LogP contribution in [0.15, 0.2) is 5.38 Å². The molecule has 1 radical (unpaired) electrons. The Labute approximate surface area is 73.3 Å². The second kappa shape index (κ2) is 4.08. The number of ether oxygens (including phenoxy) is 1. The van der Waals surface area contributed by atoms with Crippen LogP contribution in [0, 0.1) is 0 Å². The number of nitrogens with zero attached hydrogens (tertiary/aromatic N) is 1. The van der Waals surface area contributed by atoms with E-state index in [4.69, 9.17) is 5.02 Å². The highest BCUT2D eigenvalue weighted by Gasteiger charge is 2.11. The van der Waals surface area contributed by atoms with Gasteiger partial charge in [0.05, 0.1) is 12.5 Å². The topological polar surface area (TPSA) is 68.7 Å². The largest absolute Gasteiger partial charge is 0.570 e. The fraction of sp³-hybridized carbons (Fsp3) is 0.200. The van der Waals surface area contributed by atoms with Gasteiger partial charge in [0, 0.05) is 0 Å². The first-order valence-electron chi connectivity index (χ1n) is 2.94. The van der Waals surface area contributed by atoms with Crippen LogP contribution in [0.5, 0.6) is 5.88 Å². The Morgan fingerprint density at radius 2 is 2.58 bits per heavy atom. The highest BCUT2D eigenvalue weighted by atomic mass is 32.1. The molecule has 0 amide bonds. The molecule has 0 unspecified atom stereocenters. The van der Waals surface area contributed by atoms with Gasteiger partial charge in [-0.25, -0.2) is 4.79 Å². The molecule has 0 fully saturated rings. The molecule has 1 heterocycles. The van der Waals surface area contributed by atoms with E-state index in [0.717, 1.165) is 11.3 Å². The van der Waals surface area contributed by atoms with Crippen LogP contribution >= 0.6 is 11.3 Å². The average Bonchev–Trinajstić information content (AvgIpc) is 2.52. The number of methoxy groups -OCH3 is 1. The highest BCUT2D eigenvalue weighted by molar-refractivity contribution is 7.11. The molecule has 0 saturated carbocycles. The zero-order valence-electron chi connectivity index (χ0n) is 6.18. The summed E-state index contributed by atoms with van der Waals surface area (Å²) in [5.74, 6) is -0.351. The maximum Gasteiger partial charge on any atom is 0.570 e. The summed E-state index contributed by atoms with van der Waals surface area (Å²) in [6.45, 7) is 0. The molecule has 0 spiro atoms. The number of thiazole rings is 1. The van der Waals surface area contributed by atoms with Crippen molar-refractivity contribution in [3.63, 3.8) is 0 Å². The normalized spacial score (nSPS) is 9.17. The summed E-state index contributed by atoms with van der Waals surface area (Å²) in [4.78, 5) is 14.5. The van der Waals surface area contributed by atoms with Crippen LogP contribution < -0.4 is 4.65 Å². The van der Waals surface area contributed by atoms with Crippen LogP contribution in [0.2, 0.25) is 0 Å². The number of carbonyl (C=O) groups is 1. The highest BCUT2D eigenvalue weighted by Crippen LogP contribution is 2.16. The summed E-state index contributed by atoms with van der Waals surface area (Å²) in [5.41, 5.74) is 0. The minimum Gasteiger partial charge on any atom is -0.523 e. The van der Waals surface area contributed by atoms with Crippen molar-refractivity contribution in [2.75, 3.05) is 7.11 Å². The maximum atomic E-state index is 10.8. The molecule has 5 nitrogen and oxygen atoms in total. The summed E-state index contributed by atoms with van der Waals surface area (Å²) in [6, 6.07) is 0. The van der Waals surface area contributed by atoms with Crippen LogP contribution in [0.3, 0.4) is 0 Å². The van der Waals surface area contributed by atoms with Gasteiger partial charge in [0.15, 0.2) is 0 Å². The van der Waals surface area contributed by atoms with Gasteiger partial charge < -0.3 is 14.4 Å². The number of hydrogen-bond acceptors (Lipinski definition) is 6. The Balaban J connectivity index is 2.70. The van der Waals surface area contributed by atoms with E-state index in [1.54, 1.807) is 0 Å². The molecule has 0 saturated heterocycles. The van der Waals surface area contributed by atoms with E-state index in [1.165, 1.54) is 12.5 Å². The van der Waals surface area contributed by atoms with Gasteiger partial charge in [-0.2, -0.15) is 4.98 Å².